The normalized spacial score (nSPS) is 12.8. The molecule has 0 spiro atoms. The van der Waals surface area contributed by atoms with Crippen LogP contribution in [0.3, 0.4) is 0 Å². The largest absolute Gasteiger partial charge is 0.461 e. The number of para-hydroxylation sites is 1. The van der Waals surface area contributed by atoms with Crippen molar-refractivity contribution in [2.75, 3.05) is 0 Å². The van der Waals surface area contributed by atoms with E-state index < -0.39 is 6.10 Å². The molecule has 0 saturated heterocycles. The van der Waals surface area contributed by atoms with Gasteiger partial charge in [0, 0.05) is 17.4 Å². The van der Waals surface area contributed by atoms with E-state index >= 15 is 0 Å². The Labute approximate surface area is 125 Å². The van der Waals surface area contributed by atoms with Crippen LogP contribution in [0.4, 0.5) is 0 Å². The molecule has 0 aliphatic rings. The summed E-state index contributed by atoms with van der Waals surface area (Å²) < 4.78 is 5.76. The first kappa shape index (κ1) is 13.9. The molecule has 2 aromatic carbocycles. The van der Waals surface area contributed by atoms with Crippen LogP contribution in [0.5, 0.6) is 0 Å². The maximum absolute atomic E-state index is 10.7. The van der Waals surface area contributed by atoms with Crippen molar-refractivity contribution in [1.29, 1.82) is 0 Å². The standard InChI is InChI=1S/C19H20O2/c1-12-7-6-8-13(2)16(12)11-17(20)19-14(3)21-18-10-5-4-9-15(18)19/h4-10,17,20H,11H2,1-3H3. The fraction of sp³-hybridized carbons (Fsp3) is 0.263. The molecule has 2 nitrogen and oxygen atoms in total. The Hall–Kier alpha value is -2.06. The second kappa shape index (κ2) is 5.38. The molecular weight excluding hydrogens is 260 g/mol. The van der Waals surface area contributed by atoms with Crippen LogP contribution in [0.15, 0.2) is 46.9 Å². The molecule has 0 aliphatic carbocycles. The van der Waals surface area contributed by atoms with Gasteiger partial charge >= 0.3 is 0 Å². The quantitative estimate of drug-likeness (QED) is 0.758. The molecule has 108 valence electrons. The summed E-state index contributed by atoms with van der Waals surface area (Å²) in [6.07, 6.45) is 0.0662. The highest BCUT2D eigenvalue weighted by Gasteiger charge is 2.20. The van der Waals surface area contributed by atoms with Crippen LogP contribution in [-0.4, -0.2) is 5.11 Å². The zero-order chi connectivity index (χ0) is 15.0. The van der Waals surface area contributed by atoms with Crippen LogP contribution < -0.4 is 0 Å². The fourth-order valence-corrected chi connectivity index (χ4v) is 3.07. The molecule has 1 heterocycles. The number of aliphatic hydroxyl groups is 1. The van der Waals surface area contributed by atoms with E-state index in [-0.39, 0.29) is 0 Å². The third-order valence-electron chi connectivity index (χ3n) is 4.19. The molecule has 0 bridgehead atoms. The third kappa shape index (κ3) is 2.47. The monoisotopic (exact) mass is 280 g/mol. The topological polar surface area (TPSA) is 33.4 Å². The molecule has 0 radical (unpaired) electrons. The Kier molecular flexibility index (Phi) is 3.56. The van der Waals surface area contributed by atoms with Crippen LogP contribution in [-0.2, 0) is 6.42 Å². The number of benzene rings is 2. The highest BCUT2D eigenvalue weighted by atomic mass is 16.3. The summed E-state index contributed by atoms with van der Waals surface area (Å²) in [5.74, 6) is 0.801. The van der Waals surface area contributed by atoms with Crippen molar-refractivity contribution in [3.63, 3.8) is 0 Å². The molecule has 1 aromatic heterocycles. The van der Waals surface area contributed by atoms with Crippen molar-refractivity contribution in [2.45, 2.75) is 33.3 Å². The van der Waals surface area contributed by atoms with Crippen LogP contribution in [0, 0.1) is 20.8 Å². The smallest absolute Gasteiger partial charge is 0.134 e. The van der Waals surface area contributed by atoms with Gasteiger partial charge in [0.2, 0.25) is 0 Å². The SMILES string of the molecule is Cc1cccc(C)c1CC(O)c1c(C)oc2ccccc12. The molecule has 1 atom stereocenters. The van der Waals surface area contributed by atoms with E-state index in [0.29, 0.717) is 6.42 Å². The molecule has 0 fully saturated rings. The summed E-state index contributed by atoms with van der Waals surface area (Å²) in [6.45, 7) is 6.11. The predicted molar refractivity (Wildman–Crippen MR) is 85.5 cm³/mol. The van der Waals surface area contributed by atoms with E-state index in [0.717, 1.165) is 22.3 Å². The van der Waals surface area contributed by atoms with Crippen molar-refractivity contribution in [3.8, 4) is 0 Å². The number of hydrogen-bond donors (Lipinski definition) is 1. The predicted octanol–water partition coefficient (Wildman–Crippen LogP) is 4.63. The van der Waals surface area contributed by atoms with Crippen LogP contribution in [0.25, 0.3) is 11.0 Å². The Morgan fingerprint density at radius 2 is 1.62 bits per heavy atom. The average molecular weight is 280 g/mol. The maximum Gasteiger partial charge on any atom is 0.134 e. The number of aryl methyl sites for hydroxylation is 3. The Balaban J connectivity index is 2.01. The van der Waals surface area contributed by atoms with Crippen molar-refractivity contribution in [2.24, 2.45) is 0 Å². The third-order valence-corrected chi connectivity index (χ3v) is 4.19. The molecule has 1 unspecified atom stereocenters. The first-order valence-corrected chi connectivity index (χ1v) is 7.29. The van der Waals surface area contributed by atoms with Crippen molar-refractivity contribution < 1.29 is 9.52 Å². The highest BCUT2D eigenvalue weighted by molar-refractivity contribution is 5.82. The van der Waals surface area contributed by atoms with Crippen molar-refractivity contribution >= 4 is 11.0 Å². The fourth-order valence-electron chi connectivity index (χ4n) is 3.07. The van der Waals surface area contributed by atoms with E-state index in [2.05, 4.69) is 32.0 Å². The van der Waals surface area contributed by atoms with Crippen LogP contribution in [0.2, 0.25) is 0 Å². The van der Waals surface area contributed by atoms with Gasteiger partial charge in [-0.3, -0.25) is 0 Å². The zero-order valence-corrected chi connectivity index (χ0v) is 12.7. The maximum atomic E-state index is 10.7. The Bertz CT molecular complexity index is 763. The lowest BCUT2D eigenvalue weighted by Crippen LogP contribution is -2.05. The molecule has 2 heteroatoms. The lowest BCUT2D eigenvalue weighted by Gasteiger charge is -2.15. The highest BCUT2D eigenvalue weighted by Crippen LogP contribution is 2.33. The minimum atomic E-state index is -0.548. The minimum Gasteiger partial charge on any atom is -0.461 e. The molecule has 3 aromatic rings. The van der Waals surface area contributed by atoms with E-state index in [1.54, 1.807) is 0 Å². The van der Waals surface area contributed by atoms with Gasteiger partial charge in [-0.15, -0.1) is 0 Å². The summed E-state index contributed by atoms with van der Waals surface area (Å²) in [7, 11) is 0. The first-order valence-electron chi connectivity index (χ1n) is 7.29. The molecule has 1 N–H and O–H groups in total. The number of fused-ring (bicyclic) bond motifs is 1. The summed E-state index contributed by atoms with van der Waals surface area (Å²) in [4.78, 5) is 0. The van der Waals surface area contributed by atoms with Gasteiger partial charge in [0.05, 0.1) is 6.10 Å². The van der Waals surface area contributed by atoms with Crippen molar-refractivity contribution in [1.82, 2.24) is 0 Å². The van der Waals surface area contributed by atoms with Crippen LogP contribution in [0.1, 0.15) is 34.1 Å². The summed E-state index contributed by atoms with van der Waals surface area (Å²) in [6, 6.07) is 14.1. The lowest BCUT2D eigenvalue weighted by molar-refractivity contribution is 0.177. The zero-order valence-electron chi connectivity index (χ0n) is 12.7. The minimum absolute atomic E-state index is 0.548. The van der Waals surface area contributed by atoms with Crippen LogP contribution >= 0.6 is 0 Å². The van der Waals surface area contributed by atoms with Gasteiger partial charge in [-0.2, -0.15) is 0 Å². The number of rotatable bonds is 3. The van der Waals surface area contributed by atoms with Gasteiger partial charge < -0.3 is 9.52 Å². The number of aliphatic hydroxyl groups excluding tert-OH is 1. The van der Waals surface area contributed by atoms with Crippen molar-refractivity contribution in [3.05, 3.63) is 70.5 Å². The van der Waals surface area contributed by atoms with E-state index in [1.165, 1.54) is 16.7 Å². The molecule has 0 aliphatic heterocycles. The molecule has 3 rings (SSSR count). The van der Waals surface area contributed by atoms with Gasteiger partial charge in [-0.25, -0.2) is 0 Å². The second-order valence-corrected chi connectivity index (χ2v) is 5.66. The first-order chi connectivity index (χ1) is 10.1. The van der Waals surface area contributed by atoms with Gasteiger partial charge in [-0.1, -0.05) is 36.4 Å². The van der Waals surface area contributed by atoms with E-state index in [9.17, 15) is 5.11 Å². The van der Waals surface area contributed by atoms with E-state index in [4.69, 9.17) is 4.42 Å². The summed E-state index contributed by atoms with van der Waals surface area (Å²) >= 11 is 0. The number of hydrogen-bond acceptors (Lipinski definition) is 2. The summed E-state index contributed by atoms with van der Waals surface area (Å²) in [5.41, 5.74) is 5.41. The summed E-state index contributed by atoms with van der Waals surface area (Å²) in [5, 5.41) is 11.7. The van der Waals surface area contributed by atoms with Gasteiger partial charge in [0.25, 0.3) is 0 Å². The van der Waals surface area contributed by atoms with Gasteiger partial charge in [0.15, 0.2) is 0 Å². The Morgan fingerprint density at radius 1 is 0.952 bits per heavy atom. The molecular formula is C19H20O2. The second-order valence-electron chi connectivity index (χ2n) is 5.66. The van der Waals surface area contributed by atoms with Gasteiger partial charge in [-0.05, 0) is 43.5 Å². The molecule has 0 saturated carbocycles. The Morgan fingerprint density at radius 3 is 2.33 bits per heavy atom. The number of furan rings is 1. The average Bonchev–Trinajstić information content (AvgIpc) is 2.78. The molecule has 0 amide bonds. The molecule has 21 heavy (non-hydrogen) atoms. The van der Waals surface area contributed by atoms with E-state index in [1.807, 2.05) is 31.2 Å². The lowest BCUT2D eigenvalue weighted by atomic mass is 9.93. The van der Waals surface area contributed by atoms with Gasteiger partial charge in [0.1, 0.15) is 11.3 Å².